The molecule has 1 fully saturated rings. The third-order valence-electron chi connectivity index (χ3n) is 3.98. The van der Waals surface area contributed by atoms with Gasteiger partial charge in [-0.15, -0.1) is 12.4 Å². The number of carbonyl (C=O) groups excluding carboxylic acids is 1. The van der Waals surface area contributed by atoms with Gasteiger partial charge in [0.2, 0.25) is 0 Å². The number of nitrogens with zero attached hydrogens (tertiary/aromatic N) is 1. The second-order valence-corrected chi connectivity index (χ2v) is 5.71. The zero-order valence-corrected chi connectivity index (χ0v) is 13.9. The Morgan fingerprint density at radius 1 is 1.04 bits per heavy atom. The van der Waals surface area contributed by atoms with Gasteiger partial charge < -0.3 is 4.74 Å². The van der Waals surface area contributed by atoms with Crippen LogP contribution in [0.1, 0.15) is 22.3 Å². The third kappa shape index (κ3) is 5.17. The molecule has 1 unspecified atom stereocenters. The van der Waals surface area contributed by atoms with Crippen molar-refractivity contribution in [3.8, 4) is 0 Å². The van der Waals surface area contributed by atoms with Gasteiger partial charge in [0, 0.05) is 31.6 Å². The first-order valence-electron chi connectivity index (χ1n) is 7.77. The molecule has 3 nitrogen and oxygen atoms in total. The van der Waals surface area contributed by atoms with Crippen LogP contribution in [0, 0.1) is 0 Å². The Labute approximate surface area is 143 Å². The highest BCUT2D eigenvalue weighted by Gasteiger charge is 2.23. The molecule has 0 amide bonds. The van der Waals surface area contributed by atoms with Crippen molar-refractivity contribution in [2.75, 3.05) is 19.7 Å². The molecule has 1 aliphatic rings. The lowest BCUT2D eigenvalue weighted by Crippen LogP contribution is -2.42. The Hall–Kier alpha value is -1.68. The average molecular weight is 332 g/mol. The number of morpholine rings is 1. The Morgan fingerprint density at radius 2 is 1.70 bits per heavy atom. The minimum absolute atomic E-state index is 0. The van der Waals surface area contributed by atoms with E-state index in [1.807, 2.05) is 36.4 Å². The summed E-state index contributed by atoms with van der Waals surface area (Å²) in [6, 6.07) is 19.9. The van der Waals surface area contributed by atoms with Crippen LogP contribution in [0.4, 0.5) is 0 Å². The molecule has 3 rings (SSSR count). The van der Waals surface area contributed by atoms with E-state index in [4.69, 9.17) is 4.74 Å². The fourth-order valence-electron chi connectivity index (χ4n) is 2.84. The fraction of sp³-hybridized carbons (Fsp3) is 0.316. The van der Waals surface area contributed by atoms with E-state index in [0.29, 0.717) is 13.0 Å². The third-order valence-corrected chi connectivity index (χ3v) is 3.98. The maximum absolute atomic E-state index is 12.3. The molecular weight excluding hydrogens is 310 g/mol. The number of halogens is 1. The molecule has 1 atom stereocenters. The molecule has 23 heavy (non-hydrogen) atoms. The van der Waals surface area contributed by atoms with Crippen LogP contribution in [0.5, 0.6) is 0 Å². The molecule has 122 valence electrons. The molecule has 0 aromatic heterocycles. The molecule has 0 spiro atoms. The quantitative estimate of drug-likeness (QED) is 0.784. The lowest BCUT2D eigenvalue weighted by molar-refractivity contribution is -0.0313. The predicted molar refractivity (Wildman–Crippen MR) is 94.1 cm³/mol. The normalized spacial score (nSPS) is 18.2. The highest BCUT2D eigenvalue weighted by atomic mass is 35.5. The van der Waals surface area contributed by atoms with Gasteiger partial charge in [-0.05, 0) is 5.56 Å². The van der Waals surface area contributed by atoms with E-state index in [2.05, 4.69) is 29.2 Å². The number of Topliss-reactive ketones (excluding diaryl/α,β-unsaturated/α-hetero) is 1. The van der Waals surface area contributed by atoms with Gasteiger partial charge in [-0.2, -0.15) is 0 Å². The highest BCUT2D eigenvalue weighted by Crippen LogP contribution is 2.15. The molecule has 1 aliphatic heterocycles. The van der Waals surface area contributed by atoms with Gasteiger partial charge in [0.25, 0.3) is 0 Å². The van der Waals surface area contributed by atoms with Crippen molar-refractivity contribution in [3.63, 3.8) is 0 Å². The molecule has 0 aliphatic carbocycles. The van der Waals surface area contributed by atoms with Crippen LogP contribution in [0.3, 0.4) is 0 Å². The largest absolute Gasteiger partial charge is 0.375 e. The molecule has 1 heterocycles. The van der Waals surface area contributed by atoms with Crippen LogP contribution in [0.25, 0.3) is 0 Å². The SMILES string of the molecule is Cl.O=C(CC1CN(Cc2ccccc2)CCO1)c1ccccc1. The molecule has 2 aromatic rings. The van der Waals surface area contributed by atoms with Crippen molar-refractivity contribution >= 4 is 18.2 Å². The van der Waals surface area contributed by atoms with Crippen molar-refractivity contribution in [1.29, 1.82) is 0 Å². The average Bonchev–Trinajstić information content (AvgIpc) is 2.57. The Morgan fingerprint density at radius 3 is 2.39 bits per heavy atom. The predicted octanol–water partition coefficient (Wildman–Crippen LogP) is 3.58. The number of hydrogen-bond acceptors (Lipinski definition) is 3. The molecule has 1 saturated heterocycles. The second-order valence-electron chi connectivity index (χ2n) is 5.71. The van der Waals surface area contributed by atoms with Gasteiger partial charge in [-0.1, -0.05) is 60.7 Å². The zero-order chi connectivity index (χ0) is 15.2. The number of ketones is 1. The van der Waals surface area contributed by atoms with E-state index in [9.17, 15) is 4.79 Å². The minimum Gasteiger partial charge on any atom is -0.375 e. The van der Waals surface area contributed by atoms with Crippen LogP contribution in [0.2, 0.25) is 0 Å². The number of rotatable bonds is 5. The standard InChI is InChI=1S/C19H21NO2.ClH/c21-19(17-9-5-2-6-10-17)13-18-15-20(11-12-22-18)14-16-7-3-1-4-8-16;/h1-10,18H,11-15H2;1H. The highest BCUT2D eigenvalue weighted by molar-refractivity contribution is 5.96. The Balaban J connectivity index is 0.00000192. The van der Waals surface area contributed by atoms with Gasteiger partial charge >= 0.3 is 0 Å². The van der Waals surface area contributed by atoms with Gasteiger partial charge in [0.1, 0.15) is 0 Å². The monoisotopic (exact) mass is 331 g/mol. The topological polar surface area (TPSA) is 29.5 Å². The van der Waals surface area contributed by atoms with Crippen molar-refractivity contribution in [3.05, 3.63) is 71.8 Å². The lowest BCUT2D eigenvalue weighted by Gasteiger charge is -2.32. The van der Waals surface area contributed by atoms with Gasteiger partial charge in [-0.25, -0.2) is 0 Å². The summed E-state index contributed by atoms with van der Waals surface area (Å²) in [6.07, 6.45) is 0.445. The summed E-state index contributed by atoms with van der Waals surface area (Å²) in [7, 11) is 0. The number of ether oxygens (including phenoxy) is 1. The summed E-state index contributed by atoms with van der Waals surface area (Å²) < 4.78 is 5.78. The zero-order valence-electron chi connectivity index (χ0n) is 13.1. The van der Waals surface area contributed by atoms with Crippen LogP contribution in [-0.2, 0) is 11.3 Å². The van der Waals surface area contributed by atoms with E-state index in [1.54, 1.807) is 0 Å². The lowest BCUT2D eigenvalue weighted by atomic mass is 10.0. The molecule has 0 bridgehead atoms. The fourth-order valence-corrected chi connectivity index (χ4v) is 2.84. The first-order valence-corrected chi connectivity index (χ1v) is 7.77. The number of hydrogen-bond donors (Lipinski definition) is 0. The summed E-state index contributed by atoms with van der Waals surface area (Å²) in [6.45, 7) is 3.35. The summed E-state index contributed by atoms with van der Waals surface area (Å²) in [5.41, 5.74) is 2.07. The maximum Gasteiger partial charge on any atom is 0.165 e. The van der Waals surface area contributed by atoms with Crippen molar-refractivity contribution < 1.29 is 9.53 Å². The van der Waals surface area contributed by atoms with Crippen molar-refractivity contribution in [2.45, 2.75) is 19.1 Å². The summed E-state index contributed by atoms with van der Waals surface area (Å²) in [5, 5.41) is 0. The Kier molecular flexibility index (Phi) is 6.78. The first-order chi connectivity index (χ1) is 10.8. The van der Waals surface area contributed by atoms with E-state index in [-0.39, 0.29) is 24.3 Å². The number of carbonyl (C=O) groups is 1. The summed E-state index contributed by atoms with van der Waals surface area (Å²) >= 11 is 0. The van der Waals surface area contributed by atoms with E-state index in [1.165, 1.54) is 5.56 Å². The van der Waals surface area contributed by atoms with Gasteiger partial charge in [0.15, 0.2) is 5.78 Å². The number of benzene rings is 2. The second kappa shape index (κ2) is 8.82. The molecular formula is C19H22ClNO2. The van der Waals surface area contributed by atoms with E-state index >= 15 is 0 Å². The van der Waals surface area contributed by atoms with Gasteiger partial charge in [0.05, 0.1) is 12.7 Å². The van der Waals surface area contributed by atoms with E-state index < -0.39 is 0 Å². The summed E-state index contributed by atoms with van der Waals surface area (Å²) in [4.78, 5) is 14.6. The molecule has 2 aromatic carbocycles. The molecule has 4 heteroatoms. The van der Waals surface area contributed by atoms with Crippen LogP contribution >= 0.6 is 12.4 Å². The molecule has 0 radical (unpaired) electrons. The molecule has 0 saturated carbocycles. The van der Waals surface area contributed by atoms with E-state index in [0.717, 1.165) is 25.2 Å². The van der Waals surface area contributed by atoms with Crippen LogP contribution in [-0.4, -0.2) is 36.5 Å². The minimum atomic E-state index is -0.00910. The summed E-state index contributed by atoms with van der Waals surface area (Å²) in [5.74, 6) is 0.159. The van der Waals surface area contributed by atoms with Crippen molar-refractivity contribution in [1.82, 2.24) is 4.90 Å². The van der Waals surface area contributed by atoms with Crippen molar-refractivity contribution in [2.24, 2.45) is 0 Å². The Bertz CT molecular complexity index is 603. The first kappa shape index (κ1) is 17.7. The maximum atomic E-state index is 12.3. The van der Waals surface area contributed by atoms with Crippen LogP contribution in [0.15, 0.2) is 60.7 Å². The molecule has 0 N–H and O–H groups in total. The van der Waals surface area contributed by atoms with Crippen LogP contribution < -0.4 is 0 Å². The smallest absolute Gasteiger partial charge is 0.165 e. The van der Waals surface area contributed by atoms with Gasteiger partial charge in [-0.3, -0.25) is 9.69 Å².